The molecule has 0 amide bonds. The Morgan fingerprint density at radius 2 is 1.26 bits per heavy atom. The number of carboxylic acid groups (broad SMARTS) is 1. The second kappa shape index (κ2) is 14.8. The van der Waals surface area contributed by atoms with Gasteiger partial charge in [-0.1, -0.05) is 160 Å². The summed E-state index contributed by atoms with van der Waals surface area (Å²) in [5.41, 5.74) is 4.29. The number of aliphatic hydroxyl groups is 1. The van der Waals surface area contributed by atoms with Gasteiger partial charge < -0.3 is 20.4 Å². The van der Waals surface area contributed by atoms with E-state index in [2.05, 4.69) is 73.8 Å². The maximum atomic E-state index is 12.7. The van der Waals surface area contributed by atoms with Crippen LogP contribution in [0.1, 0.15) is 69.2 Å². The number of carboxylic acids is 1. The summed E-state index contributed by atoms with van der Waals surface area (Å²) in [7, 11) is 0. The molecule has 9 heteroatoms. The Kier molecular flexibility index (Phi) is 9.92. The third-order valence-electron chi connectivity index (χ3n) is 10.5. The van der Waals surface area contributed by atoms with Gasteiger partial charge in [0.2, 0.25) is 5.82 Å². The third-order valence-corrected chi connectivity index (χ3v) is 10.5. The molecule has 0 bridgehead atoms. The van der Waals surface area contributed by atoms with E-state index < -0.39 is 22.8 Å². The van der Waals surface area contributed by atoms with Gasteiger partial charge in [-0.2, -0.15) is 0 Å². The Balaban J connectivity index is 1.27. The molecule has 1 aliphatic rings. The molecule has 0 spiro atoms. The summed E-state index contributed by atoms with van der Waals surface area (Å²) in [5, 5.41) is 39.5. The molecule has 3 N–H and O–H groups in total. The SMILES string of the molecule is CCCC1(CC)NC(C(C)(C)O)=C(C(=O)O)N1Cc1ccc(-c2ccccc2-c2nnn(C(c3ccccc3)(c3ccccc3)c3ccccc3)n2)cc1. The summed E-state index contributed by atoms with van der Waals surface area (Å²) in [5.74, 6) is -0.569. The lowest BCUT2D eigenvalue weighted by atomic mass is 9.77. The van der Waals surface area contributed by atoms with E-state index in [0.717, 1.165) is 51.8 Å². The molecule has 0 saturated heterocycles. The molecule has 1 aliphatic heterocycles. The number of hydrogen-bond acceptors (Lipinski definition) is 7. The smallest absolute Gasteiger partial charge is 0.354 e. The van der Waals surface area contributed by atoms with E-state index in [0.29, 0.717) is 24.5 Å². The van der Waals surface area contributed by atoms with Crippen LogP contribution >= 0.6 is 0 Å². The van der Waals surface area contributed by atoms with Gasteiger partial charge >= 0.3 is 5.97 Å². The molecule has 54 heavy (non-hydrogen) atoms. The Bertz CT molecular complexity index is 2150. The van der Waals surface area contributed by atoms with Gasteiger partial charge in [-0.05, 0) is 65.3 Å². The second-order valence-corrected chi connectivity index (χ2v) is 14.4. The van der Waals surface area contributed by atoms with Crippen molar-refractivity contribution in [1.82, 2.24) is 30.4 Å². The largest absolute Gasteiger partial charge is 0.477 e. The number of tetrazole rings is 1. The summed E-state index contributed by atoms with van der Waals surface area (Å²) in [4.78, 5) is 16.4. The summed E-state index contributed by atoms with van der Waals surface area (Å²) in [6, 6.07) is 47.0. The van der Waals surface area contributed by atoms with Crippen molar-refractivity contribution in [3.8, 4) is 22.5 Å². The molecule has 2 heterocycles. The highest BCUT2D eigenvalue weighted by molar-refractivity contribution is 5.88. The van der Waals surface area contributed by atoms with Crippen LogP contribution in [-0.4, -0.2) is 52.6 Å². The normalized spacial score (nSPS) is 16.1. The van der Waals surface area contributed by atoms with Crippen molar-refractivity contribution in [3.05, 3.63) is 173 Å². The number of aliphatic carboxylic acids is 1. The van der Waals surface area contributed by atoms with Gasteiger partial charge in [-0.3, -0.25) is 0 Å². The summed E-state index contributed by atoms with van der Waals surface area (Å²) >= 11 is 0. The van der Waals surface area contributed by atoms with E-state index in [1.54, 1.807) is 18.6 Å². The first-order valence-electron chi connectivity index (χ1n) is 18.5. The van der Waals surface area contributed by atoms with E-state index in [4.69, 9.17) is 15.4 Å². The molecule has 1 unspecified atom stereocenters. The number of carbonyl (C=O) groups is 1. The highest BCUT2D eigenvalue weighted by Crippen LogP contribution is 2.42. The van der Waals surface area contributed by atoms with E-state index in [-0.39, 0.29) is 5.70 Å². The van der Waals surface area contributed by atoms with Crippen LogP contribution in [0.3, 0.4) is 0 Å². The van der Waals surface area contributed by atoms with Crippen molar-refractivity contribution in [1.29, 1.82) is 0 Å². The van der Waals surface area contributed by atoms with Crippen LogP contribution in [0.15, 0.2) is 151 Å². The highest BCUT2D eigenvalue weighted by atomic mass is 16.4. The Hall–Kier alpha value is -6.06. The van der Waals surface area contributed by atoms with Crippen molar-refractivity contribution < 1.29 is 15.0 Å². The van der Waals surface area contributed by atoms with E-state index >= 15 is 0 Å². The molecule has 7 rings (SSSR count). The first-order chi connectivity index (χ1) is 26.1. The molecule has 9 nitrogen and oxygen atoms in total. The monoisotopic (exact) mass is 718 g/mol. The van der Waals surface area contributed by atoms with Crippen molar-refractivity contribution in [2.45, 2.75) is 70.3 Å². The molecule has 0 fully saturated rings. The Morgan fingerprint density at radius 3 is 1.74 bits per heavy atom. The zero-order chi connectivity index (χ0) is 37.9. The Labute approximate surface area is 316 Å². The van der Waals surface area contributed by atoms with Crippen LogP contribution in [0.2, 0.25) is 0 Å². The fourth-order valence-corrected chi connectivity index (χ4v) is 7.92. The van der Waals surface area contributed by atoms with Gasteiger partial charge in [0.05, 0.1) is 5.70 Å². The maximum Gasteiger partial charge on any atom is 0.354 e. The topological polar surface area (TPSA) is 116 Å². The van der Waals surface area contributed by atoms with E-state index in [9.17, 15) is 15.0 Å². The number of nitrogens with zero attached hydrogens (tertiary/aromatic N) is 5. The van der Waals surface area contributed by atoms with Gasteiger partial charge in [-0.15, -0.1) is 15.0 Å². The van der Waals surface area contributed by atoms with Crippen molar-refractivity contribution in [2.24, 2.45) is 0 Å². The van der Waals surface area contributed by atoms with Crippen LogP contribution in [0, 0.1) is 0 Å². The quantitative estimate of drug-likeness (QED) is 0.102. The number of benzene rings is 5. The minimum atomic E-state index is -1.34. The van der Waals surface area contributed by atoms with Crippen LogP contribution in [0.4, 0.5) is 0 Å². The maximum absolute atomic E-state index is 12.7. The van der Waals surface area contributed by atoms with Crippen LogP contribution in [0.25, 0.3) is 22.5 Å². The van der Waals surface area contributed by atoms with Gasteiger partial charge in [0.25, 0.3) is 0 Å². The first kappa shape index (κ1) is 36.3. The first-order valence-corrected chi connectivity index (χ1v) is 18.5. The fourth-order valence-electron chi connectivity index (χ4n) is 7.92. The van der Waals surface area contributed by atoms with Gasteiger partial charge in [-0.25, -0.2) is 4.79 Å². The molecule has 0 aliphatic carbocycles. The molecular weight excluding hydrogens is 673 g/mol. The summed E-state index contributed by atoms with van der Waals surface area (Å²) in [6.07, 6.45) is 2.23. The van der Waals surface area contributed by atoms with Crippen LogP contribution < -0.4 is 5.32 Å². The van der Waals surface area contributed by atoms with Crippen molar-refractivity contribution in [2.75, 3.05) is 0 Å². The predicted octanol–water partition coefficient (Wildman–Crippen LogP) is 8.23. The van der Waals surface area contributed by atoms with Crippen LogP contribution in [0.5, 0.6) is 0 Å². The van der Waals surface area contributed by atoms with E-state index in [1.165, 1.54) is 0 Å². The lowest BCUT2D eigenvalue weighted by Gasteiger charge is -2.41. The lowest BCUT2D eigenvalue weighted by Crippen LogP contribution is -2.53. The van der Waals surface area contributed by atoms with Gasteiger partial charge in [0, 0.05) is 12.1 Å². The standard InChI is InChI=1S/C45H46N6O3/c1-5-30-44(6-2)46-40(43(3,4)54)39(42(52)53)50(44)31-32-26-28-33(29-27-32)37-24-16-17-25-38(37)41-47-49-51(48-41)45(34-18-10-7-11-19-34,35-20-12-8-13-21-35)36-22-14-9-15-23-36/h7-29,46,54H,5-6,30-31H2,1-4H3,(H,52,53). The lowest BCUT2D eigenvalue weighted by molar-refractivity contribution is -0.135. The van der Waals surface area contributed by atoms with Gasteiger partial charge in [0.1, 0.15) is 17.0 Å². The molecule has 6 aromatic rings. The molecule has 0 radical (unpaired) electrons. The van der Waals surface area contributed by atoms with Crippen molar-refractivity contribution >= 4 is 5.97 Å². The third kappa shape index (κ3) is 6.45. The average Bonchev–Trinajstić information content (AvgIpc) is 3.81. The zero-order valence-corrected chi connectivity index (χ0v) is 31.1. The van der Waals surface area contributed by atoms with Crippen molar-refractivity contribution in [3.63, 3.8) is 0 Å². The fraction of sp³-hybridized carbons (Fsp3) is 0.244. The molecule has 274 valence electrons. The minimum absolute atomic E-state index is 0.110. The second-order valence-electron chi connectivity index (χ2n) is 14.4. The average molecular weight is 719 g/mol. The number of aromatic nitrogens is 4. The zero-order valence-electron chi connectivity index (χ0n) is 31.1. The summed E-state index contributed by atoms with van der Waals surface area (Å²) in [6.45, 7) is 7.75. The molecule has 1 atom stereocenters. The predicted molar refractivity (Wildman–Crippen MR) is 211 cm³/mol. The molecule has 5 aromatic carbocycles. The molecule has 0 saturated carbocycles. The number of rotatable bonds is 13. The molecular formula is C45H46N6O3. The number of nitrogens with one attached hydrogen (secondary N) is 1. The Morgan fingerprint density at radius 1 is 0.741 bits per heavy atom. The highest BCUT2D eigenvalue weighted by Gasteiger charge is 2.48. The van der Waals surface area contributed by atoms with E-state index in [1.807, 2.05) is 89.8 Å². The minimum Gasteiger partial charge on any atom is -0.477 e. The van der Waals surface area contributed by atoms with Crippen LogP contribution in [-0.2, 0) is 16.9 Å². The van der Waals surface area contributed by atoms with Gasteiger partial charge in [0.15, 0.2) is 5.54 Å². The molecule has 1 aromatic heterocycles. The summed E-state index contributed by atoms with van der Waals surface area (Å²) < 4.78 is 0. The number of hydrogen-bond donors (Lipinski definition) is 3.